The predicted octanol–water partition coefficient (Wildman–Crippen LogP) is 3.49. The van der Waals surface area contributed by atoms with Gasteiger partial charge in [0, 0.05) is 36.3 Å². The lowest BCUT2D eigenvalue weighted by Gasteiger charge is -2.23. The molecule has 0 unspecified atom stereocenters. The van der Waals surface area contributed by atoms with Crippen molar-refractivity contribution in [1.29, 1.82) is 0 Å². The van der Waals surface area contributed by atoms with E-state index in [1.807, 2.05) is 12.1 Å². The summed E-state index contributed by atoms with van der Waals surface area (Å²) in [5.74, 6) is -0.674. The maximum Gasteiger partial charge on any atom is 0.251 e. The normalized spacial score (nSPS) is 16.0. The van der Waals surface area contributed by atoms with Crippen LogP contribution >= 0.6 is 11.6 Å². The van der Waals surface area contributed by atoms with E-state index in [2.05, 4.69) is 29.4 Å². The second-order valence-electron chi connectivity index (χ2n) is 7.90. The number of halogens is 1. The summed E-state index contributed by atoms with van der Waals surface area (Å²) in [6, 6.07) is 7.16. The number of amides is 1. The third-order valence-corrected chi connectivity index (χ3v) is 6.04. The Morgan fingerprint density at radius 2 is 1.66 bits per heavy atom. The van der Waals surface area contributed by atoms with Gasteiger partial charge < -0.3 is 15.5 Å². The number of ketones is 2. The molecule has 1 aromatic carbocycles. The number of fused-ring (bicyclic) bond motifs is 1. The van der Waals surface area contributed by atoms with Crippen molar-refractivity contribution < 1.29 is 14.4 Å². The molecule has 2 N–H and O–H groups in total. The molecule has 1 amide bonds. The Labute approximate surface area is 194 Å². The second kappa shape index (κ2) is 11.2. The Bertz CT molecular complexity index is 977. The molecule has 2 aliphatic rings. The summed E-state index contributed by atoms with van der Waals surface area (Å²) in [5.41, 5.74) is 2.43. The van der Waals surface area contributed by atoms with Crippen molar-refractivity contribution in [2.24, 2.45) is 0 Å². The summed E-state index contributed by atoms with van der Waals surface area (Å²) >= 11 is 6.20. The number of carbonyl (C=O) groups excluding carboxylic acids is 3. The number of Topliss-reactive ketones (excluding diaryl/α,β-unsaturated/α-hetero) is 2. The molecule has 1 aromatic rings. The van der Waals surface area contributed by atoms with Crippen molar-refractivity contribution in [2.75, 3.05) is 26.2 Å². The van der Waals surface area contributed by atoms with Crippen LogP contribution in [-0.2, 0) is 16.1 Å². The highest BCUT2D eigenvalue weighted by Crippen LogP contribution is 2.32. The summed E-state index contributed by atoms with van der Waals surface area (Å²) in [5, 5.41) is 5.90. The quantitative estimate of drug-likeness (QED) is 0.564. The van der Waals surface area contributed by atoms with Crippen molar-refractivity contribution in [2.45, 2.75) is 39.7 Å². The number of hydrogen-bond donors (Lipinski definition) is 2. The molecule has 0 saturated heterocycles. The summed E-state index contributed by atoms with van der Waals surface area (Å²) in [7, 11) is 0. The number of nitrogens with zero attached hydrogens (tertiary/aromatic N) is 1. The third kappa shape index (κ3) is 5.56. The van der Waals surface area contributed by atoms with Gasteiger partial charge in [0.25, 0.3) is 5.91 Å². The van der Waals surface area contributed by atoms with Crippen LogP contribution in [0.3, 0.4) is 0 Å². The van der Waals surface area contributed by atoms with Gasteiger partial charge in [-0.1, -0.05) is 49.7 Å². The SMILES string of the molecule is CCCN(CC)CCNC(=O)c1ccc(CNC2=C(Cl)C(=O)C3=CCCC=C3C2=O)cc1. The fourth-order valence-electron chi connectivity index (χ4n) is 3.87. The van der Waals surface area contributed by atoms with E-state index in [0.29, 0.717) is 29.8 Å². The minimum atomic E-state index is -0.313. The molecule has 3 rings (SSSR count). The van der Waals surface area contributed by atoms with E-state index in [9.17, 15) is 14.4 Å². The van der Waals surface area contributed by atoms with Crippen molar-refractivity contribution in [3.05, 3.63) is 69.4 Å². The minimum absolute atomic E-state index is 0.0690. The molecule has 7 heteroatoms. The Hall–Kier alpha value is -2.70. The van der Waals surface area contributed by atoms with Gasteiger partial charge in [-0.15, -0.1) is 0 Å². The second-order valence-corrected chi connectivity index (χ2v) is 8.28. The number of hydrogen-bond acceptors (Lipinski definition) is 5. The number of rotatable bonds is 10. The Morgan fingerprint density at radius 1 is 1.00 bits per heavy atom. The van der Waals surface area contributed by atoms with Gasteiger partial charge in [-0.25, -0.2) is 0 Å². The molecule has 6 nitrogen and oxygen atoms in total. The van der Waals surface area contributed by atoms with E-state index >= 15 is 0 Å². The molecule has 0 saturated carbocycles. The Balaban J connectivity index is 1.57. The first kappa shape index (κ1) is 24.0. The molecule has 0 spiro atoms. The van der Waals surface area contributed by atoms with Crippen molar-refractivity contribution in [1.82, 2.24) is 15.5 Å². The molecule has 2 aliphatic carbocycles. The molecule has 0 atom stereocenters. The lowest BCUT2D eigenvalue weighted by Crippen LogP contribution is -2.35. The van der Waals surface area contributed by atoms with Gasteiger partial charge in [0.15, 0.2) is 0 Å². The monoisotopic (exact) mass is 455 g/mol. The first-order valence-electron chi connectivity index (χ1n) is 11.2. The summed E-state index contributed by atoms with van der Waals surface area (Å²) in [6.07, 6.45) is 6.15. The highest BCUT2D eigenvalue weighted by atomic mass is 35.5. The maximum absolute atomic E-state index is 12.8. The van der Waals surface area contributed by atoms with E-state index in [4.69, 9.17) is 11.6 Å². The van der Waals surface area contributed by atoms with E-state index in [-0.39, 0.29) is 28.2 Å². The first-order valence-corrected chi connectivity index (χ1v) is 11.6. The van der Waals surface area contributed by atoms with E-state index in [1.165, 1.54) is 0 Å². The zero-order valence-corrected chi connectivity index (χ0v) is 19.4. The number of carbonyl (C=O) groups is 3. The van der Waals surface area contributed by atoms with Gasteiger partial charge in [-0.05, 0) is 50.0 Å². The molecule has 0 radical (unpaired) electrons. The van der Waals surface area contributed by atoms with Crippen LogP contribution in [-0.4, -0.2) is 48.6 Å². The molecule has 0 aromatic heterocycles. The lowest BCUT2D eigenvalue weighted by molar-refractivity contribution is -0.116. The zero-order valence-electron chi connectivity index (χ0n) is 18.7. The standard InChI is InChI=1S/C25H30ClN3O3/c1-3-14-29(4-2)15-13-27-25(32)18-11-9-17(10-12-18)16-28-22-21(26)23(30)19-7-5-6-8-20(19)24(22)31/h7-12,28H,3-6,13-16H2,1-2H3,(H,27,32). The van der Waals surface area contributed by atoms with E-state index in [0.717, 1.165) is 44.5 Å². The predicted molar refractivity (Wildman–Crippen MR) is 126 cm³/mol. The fraction of sp³-hybridized carbons (Fsp3) is 0.400. The van der Waals surface area contributed by atoms with Crippen LogP contribution in [0.15, 0.2) is 58.3 Å². The molecule has 0 bridgehead atoms. The summed E-state index contributed by atoms with van der Waals surface area (Å²) < 4.78 is 0. The zero-order chi connectivity index (χ0) is 23.1. The largest absolute Gasteiger partial charge is 0.376 e. The average Bonchev–Trinajstić information content (AvgIpc) is 2.82. The van der Waals surface area contributed by atoms with Gasteiger partial charge in [0.1, 0.15) is 10.7 Å². The number of likely N-dealkylation sites (N-methyl/N-ethyl adjacent to an activating group) is 1. The molecule has 32 heavy (non-hydrogen) atoms. The average molecular weight is 456 g/mol. The Morgan fingerprint density at radius 3 is 2.28 bits per heavy atom. The van der Waals surface area contributed by atoms with Gasteiger partial charge in [0.2, 0.25) is 11.6 Å². The van der Waals surface area contributed by atoms with Crippen LogP contribution in [0.2, 0.25) is 0 Å². The van der Waals surface area contributed by atoms with Crippen LogP contribution in [0.4, 0.5) is 0 Å². The highest BCUT2D eigenvalue weighted by Gasteiger charge is 2.34. The molecule has 0 fully saturated rings. The van der Waals surface area contributed by atoms with Crippen LogP contribution in [0, 0.1) is 0 Å². The van der Waals surface area contributed by atoms with Crippen LogP contribution in [0.1, 0.15) is 49.0 Å². The fourth-order valence-corrected chi connectivity index (χ4v) is 4.12. The summed E-state index contributed by atoms with van der Waals surface area (Å²) in [4.78, 5) is 39.9. The van der Waals surface area contributed by atoms with Gasteiger partial charge >= 0.3 is 0 Å². The third-order valence-electron chi connectivity index (χ3n) is 5.67. The minimum Gasteiger partial charge on any atom is -0.376 e. The molecule has 170 valence electrons. The van der Waals surface area contributed by atoms with Crippen LogP contribution in [0.5, 0.6) is 0 Å². The van der Waals surface area contributed by atoms with E-state index in [1.54, 1.807) is 24.3 Å². The molecular formula is C25H30ClN3O3. The highest BCUT2D eigenvalue weighted by molar-refractivity contribution is 6.50. The van der Waals surface area contributed by atoms with Crippen LogP contribution in [0.25, 0.3) is 0 Å². The summed E-state index contributed by atoms with van der Waals surface area (Å²) in [6.45, 7) is 8.00. The van der Waals surface area contributed by atoms with Crippen LogP contribution < -0.4 is 10.6 Å². The molecule has 0 aliphatic heterocycles. The molecular weight excluding hydrogens is 426 g/mol. The van der Waals surface area contributed by atoms with Crippen molar-refractivity contribution >= 4 is 29.1 Å². The Kier molecular flexibility index (Phi) is 8.42. The molecule has 0 heterocycles. The van der Waals surface area contributed by atoms with Gasteiger partial charge in [0.05, 0.1) is 0 Å². The van der Waals surface area contributed by atoms with Crippen molar-refractivity contribution in [3.63, 3.8) is 0 Å². The topological polar surface area (TPSA) is 78.5 Å². The van der Waals surface area contributed by atoms with E-state index < -0.39 is 0 Å². The number of allylic oxidation sites excluding steroid dienone is 5. The lowest BCUT2D eigenvalue weighted by atomic mass is 9.85. The smallest absolute Gasteiger partial charge is 0.251 e. The van der Waals surface area contributed by atoms with Gasteiger partial charge in [-0.2, -0.15) is 0 Å². The first-order chi connectivity index (χ1) is 15.5. The number of benzene rings is 1. The van der Waals surface area contributed by atoms with Crippen molar-refractivity contribution in [3.8, 4) is 0 Å². The number of nitrogens with one attached hydrogen (secondary N) is 2. The maximum atomic E-state index is 12.8. The van der Waals surface area contributed by atoms with Gasteiger partial charge in [-0.3, -0.25) is 14.4 Å².